The van der Waals surface area contributed by atoms with Gasteiger partial charge in [0.1, 0.15) is 0 Å². The van der Waals surface area contributed by atoms with Crippen LogP contribution in [0.4, 0.5) is 0 Å². The third-order valence-corrected chi connectivity index (χ3v) is 2.71. The summed E-state index contributed by atoms with van der Waals surface area (Å²) in [6.45, 7) is 3.57. The van der Waals surface area contributed by atoms with Crippen molar-refractivity contribution < 1.29 is 9.90 Å². The highest BCUT2D eigenvalue weighted by molar-refractivity contribution is 5.69. The van der Waals surface area contributed by atoms with Gasteiger partial charge in [-0.05, 0) is 31.0 Å². The van der Waals surface area contributed by atoms with Gasteiger partial charge in [0.25, 0.3) is 0 Å². The van der Waals surface area contributed by atoms with E-state index in [1.807, 2.05) is 31.2 Å². The second-order valence-corrected chi connectivity index (χ2v) is 4.39. The normalized spacial score (nSPS) is 12.3. The Labute approximate surface area is 105 Å². The Morgan fingerprint density at radius 3 is 2.89 bits per heavy atom. The molecule has 18 heavy (non-hydrogen) atoms. The molecule has 1 aromatic heterocycles. The first-order valence-corrected chi connectivity index (χ1v) is 5.77. The molecule has 5 heteroatoms. The van der Waals surface area contributed by atoms with Crippen LogP contribution in [0, 0.1) is 12.8 Å². The van der Waals surface area contributed by atoms with Crippen LogP contribution >= 0.6 is 0 Å². The van der Waals surface area contributed by atoms with Crippen molar-refractivity contribution in [3.63, 3.8) is 0 Å². The summed E-state index contributed by atoms with van der Waals surface area (Å²) < 4.78 is 0. The first-order chi connectivity index (χ1) is 8.56. The third-order valence-electron chi connectivity index (χ3n) is 2.71. The van der Waals surface area contributed by atoms with Crippen molar-refractivity contribution in [1.29, 1.82) is 0 Å². The Hall–Kier alpha value is -2.17. The van der Waals surface area contributed by atoms with Crippen LogP contribution in [0.2, 0.25) is 0 Å². The highest BCUT2D eigenvalue weighted by Gasteiger charge is 2.12. The minimum Gasteiger partial charge on any atom is -0.481 e. The van der Waals surface area contributed by atoms with Gasteiger partial charge in [0, 0.05) is 0 Å². The van der Waals surface area contributed by atoms with Crippen molar-refractivity contribution >= 4 is 5.97 Å². The average molecular weight is 245 g/mol. The summed E-state index contributed by atoms with van der Waals surface area (Å²) in [5.41, 5.74) is 2.66. The molecule has 0 saturated carbocycles. The van der Waals surface area contributed by atoms with Gasteiger partial charge in [-0.1, -0.05) is 19.1 Å². The van der Waals surface area contributed by atoms with Crippen molar-refractivity contribution in [2.75, 3.05) is 0 Å². The number of carboxylic acid groups (broad SMARTS) is 1. The van der Waals surface area contributed by atoms with Crippen LogP contribution in [0.5, 0.6) is 0 Å². The van der Waals surface area contributed by atoms with Gasteiger partial charge in [0.2, 0.25) is 0 Å². The molecule has 0 fully saturated rings. The van der Waals surface area contributed by atoms with E-state index in [-0.39, 0.29) is 0 Å². The Balaban J connectivity index is 2.22. The lowest BCUT2D eigenvalue weighted by Gasteiger charge is -2.07. The molecule has 0 bridgehead atoms. The zero-order valence-corrected chi connectivity index (χ0v) is 10.4. The fourth-order valence-electron chi connectivity index (χ4n) is 1.71. The van der Waals surface area contributed by atoms with E-state index in [4.69, 9.17) is 5.11 Å². The van der Waals surface area contributed by atoms with E-state index < -0.39 is 11.9 Å². The highest BCUT2D eigenvalue weighted by atomic mass is 16.4. The molecule has 1 atom stereocenters. The Kier molecular flexibility index (Phi) is 3.41. The van der Waals surface area contributed by atoms with Crippen molar-refractivity contribution in [2.45, 2.75) is 20.3 Å². The zero-order chi connectivity index (χ0) is 13.1. The van der Waals surface area contributed by atoms with Crippen molar-refractivity contribution in [3.05, 3.63) is 41.7 Å². The molecule has 0 aliphatic carbocycles. The Morgan fingerprint density at radius 2 is 2.28 bits per heavy atom. The number of aryl methyl sites for hydroxylation is 1. The maximum Gasteiger partial charge on any atom is 0.306 e. The molecule has 0 radical (unpaired) electrons. The standard InChI is InChI=1S/C13H15N3O2/c1-9(13(17)18)6-11-4-3-5-12(7-11)16-14-8-10(2)15-16/h3-5,7-9H,6H2,1-2H3,(H,17,18). The Bertz CT molecular complexity index is 563. The van der Waals surface area contributed by atoms with Crippen LogP contribution < -0.4 is 0 Å². The maximum absolute atomic E-state index is 10.8. The summed E-state index contributed by atoms with van der Waals surface area (Å²) in [5, 5.41) is 17.3. The lowest BCUT2D eigenvalue weighted by Crippen LogP contribution is -2.12. The predicted molar refractivity (Wildman–Crippen MR) is 66.6 cm³/mol. The van der Waals surface area contributed by atoms with Gasteiger partial charge in [-0.3, -0.25) is 4.79 Å². The van der Waals surface area contributed by atoms with Crippen LogP contribution in [-0.4, -0.2) is 26.1 Å². The molecular formula is C13H15N3O2. The van der Waals surface area contributed by atoms with E-state index in [0.717, 1.165) is 16.9 Å². The average Bonchev–Trinajstić information content (AvgIpc) is 2.76. The van der Waals surface area contributed by atoms with Gasteiger partial charge in [0.15, 0.2) is 0 Å². The van der Waals surface area contributed by atoms with Gasteiger partial charge in [-0.15, -0.1) is 0 Å². The zero-order valence-electron chi connectivity index (χ0n) is 10.4. The van der Waals surface area contributed by atoms with E-state index in [0.29, 0.717) is 6.42 Å². The van der Waals surface area contributed by atoms with Crippen LogP contribution in [0.1, 0.15) is 18.2 Å². The summed E-state index contributed by atoms with van der Waals surface area (Å²) in [5.74, 6) is -1.18. The lowest BCUT2D eigenvalue weighted by atomic mass is 10.0. The van der Waals surface area contributed by atoms with E-state index in [1.54, 1.807) is 17.9 Å². The minimum atomic E-state index is -0.784. The monoisotopic (exact) mass is 245 g/mol. The number of aliphatic carboxylic acids is 1. The molecular weight excluding hydrogens is 230 g/mol. The van der Waals surface area contributed by atoms with E-state index >= 15 is 0 Å². The number of hydrogen-bond acceptors (Lipinski definition) is 3. The minimum absolute atomic E-state index is 0.396. The molecule has 5 nitrogen and oxygen atoms in total. The summed E-state index contributed by atoms with van der Waals surface area (Å²) in [6.07, 6.45) is 2.19. The highest BCUT2D eigenvalue weighted by Crippen LogP contribution is 2.13. The van der Waals surface area contributed by atoms with Crippen LogP contribution in [0.25, 0.3) is 5.69 Å². The van der Waals surface area contributed by atoms with Crippen LogP contribution in [0.3, 0.4) is 0 Å². The molecule has 2 aromatic rings. The van der Waals surface area contributed by atoms with Gasteiger partial charge in [-0.2, -0.15) is 15.0 Å². The number of carbonyl (C=O) groups is 1. The van der Waals surface area contributed by atoms with Crippen molar-refractivity contribution in [2.24, 2.45) is 5.92 Å². The largest absolute Gasteiger partial charge is 0.481 e. The molecule has 0 saturated heterocycles. The molecule has 0 aliphatic heterocycles. The lowest BCUT2D eigenvalue weighted by molar-refractivity contribution is -0.141. The topological polar surface area (TPSA) is 68.0 Å². The second-order valence-electron chi connectivity index (χ2n) is 4.39. The fourth-order valence-corrected chi connectivity index (χ4v) is 1.71. The van der Waals surface area contributed by atoms with E-state index in [2.05, 4.69) is 10.2 Å². The number of carboxylic acids is 1. The first kappa shape index (κ1) is 12.3. The van der Waals surface area contributed by atoms with Crippen molar-refractivity contribution in [3.8, 4) is 5.69 Å². The molecule has 0 amide bonds. The molecule has 1 N–H and O–H groups in total. The molecule has 0 aliphatic rings. The maximum atomic E-state index is 10.8. The summed E-state index contributed by atoms with van der Waals surface area (Å²) in [4.78, 5) is 12.4. The summed E-state index contributed by atoms with van der Waals surface area (Å²) in [7, 11) is 0. The smallest absolute Gasteiger partial charge is 0.306 e. The molecule has 1 heterocycles. The van der Waals surface area contributed by atoms with Gasteiger partial charge >= 0.3 is 5.97 Å². The SMILES string of the molecule is Cc1cnn(-c2cccc(CC(C)C(=O)O)c2)n1. The van der Waals surface area contributed by atoms with Gasteiger partial charge in [0.05, 0.1) is 23.5 Å². The molecule has 2 rings (SSSR count). The number of benzene rings is 1. The second kappa shape index (κ2) is 5.00. The summed E-state index contributed by atoms with van der Waals surface area (Å²) >= 11 is 0. The first-order valence-electron chi connectivity index (χ1n) is 5.77. The van der Waals surface area contributed by atoms with Gasteiger partial charge in [-0.25, -0.2) is 0 Å². The van der Waals surface area contributed by atoms with Crippen LogP contribution in [0.15, 0.2) is 30.5 Å². The number of hydrogen-bond donors (Lipinski definition) is 1. The quantitative estimate of drug-likeness (QED) is 0.892. The summed E-state index contributed by atoms with van der Waals surface area (Å²) in [6, 6.07) is 7.62. The number of nitrogens with zero attached hydrogens (tertiary/aromatic N) is 3. The van der Waals surface area contributed by atoms with Gasteiger partial charge < -0.3 is 5.11 Å². The number of aromatic nitrogens is 3. The number of rotatable bonds is 4. The third kappa shape index (κ3) is 2.74. The molecule has 1 aromatic carbocycles. The van der Waals surface area contributed by atoms with Crippen molar-refractivity contribution in [1.82, 2.24) is 15.0 Å². The van der Waals surface area contributed by atoms with E-state index in [9.17, 15) is 4.79 Å². The van der Waals surface area contributed by atoms with Crippen LogP contribution in [-0.2, 0) is 11.2 Å². The fraction of sp³-hybridized carbons (Fsp3) is 0.308. The predicted octanol–water partition coefficient (Wildman–Crippen LogP) is 1.84. The molecule has 1 unspecified atom stereocenters. The van der Waals surface area contributed by atoms with E-state index in [1.165, 1.54) is 0 Å². The molecule has 94 valence electrons. The Morgan fingerprint density at radius 1 is 1.50 bits per heavy atom. The molecule has 0 spiro atoms.